The molecule has 0 spiro atoms. The number of hydrogen-bond donors (Lipinski definition) is 0. The van der Waals surface area contributed by atoms with E-state index in [9.17, 15) is 12.8 Å². The lowest BCUT2D eigenvalue weighted by atomic mass is 10.4. The van der Waals surface area contributed by atoms with Crippen LogP contribution in [0.4, 0.5) is 4.39 Å². The molecule has 0 bridgehead atoms. The minimum Gasteiger partial charge on any atom is -0.229 e. The van der Waals surface area contributed by atoms with Crippen molar-refractivity contribution < 1.29 is 12.8 Å². The maximum Gasteiger partial charge on any atom is 0.148 e. The van der Waals surface area contributed by atoms with Crippen LogP contribution in [0.1, 0.15) is 0 Å². The molecule has 0 saturated heterocycles. The Labute approximate surface area is 87.4 Å². The van der Waals surface area contributed by atoms with Crippen molar-refractivity contribution in [3.05, 3.63) is 30.1 Å². The molecule has 0 radical (unpaired) electrons. The molecule has 0 saturated carbocycles. The summed E-state index contributed by atoms with van der Waals surface area (Å²) in [5.74, 6) is 0.372. The molecular weight excluding hydrogens is 223 g/mol. The van der Waals surface area contributed by atoms with Crippen LogP contribution in [0.2, 0.25) is 0 Å². The fraction of sp³-hybridized carbons (Fsp3) is 0.333. The standard InChI is InChI=1S/C9H11FO2S2/c1-14(11,12)7-6-13-9-4-2-8(10)3-5-9/h2-5H,6-7H2,1H3. The summed E-state index contributed by atoms with van der Waals surface area (Å²) >= 11 is 1.41. The lowest BCUT2D eigenvalue weighted by Crippen LogP contribution is -2.04. The van der Waals surface area contributed by atoms with Crippen molar-refractivity contribution in [2.24, 2.45) is 0 Å². The van der Waals surface area contributed by atoms with Crippen LogP contribution in [0, 0.1) is 5.82 Å². The van der Waals surface area contributed by atoms with E-state index in [0.717, 1.165) is 4.90 Å². The van der Waals surface area contributed by atoms with E-state index >= 15 is 0 Å². The van der Waals surface area contributed by atoms with Crippen LogP contribution in [0.5, 0.6) is 0 Å². The predicted molar refractivity (Wildman–Crippen MR) is 56.8 cm³/mol. The Kier molecular flexibility index (Phi) is 3.95. The van der Waals surface area contributed by atoms with E-state index in [1.807, 2.05) is 0 Å². The molecule has 0 aliphatic carbocycles. The summed E-state index contributed by atoms with van der Waals surface area (Å²) in [4.78, 5) is 0.884. The van der Waals surface area contributed by atoms with E-state index < -0.39 is 9.84 Å². The summed E-state index contributed by atoms with van der Waals surface area (Å²) in [6.07, 6.45) is 1.21. The fourth-order valence-corrected chi connectivity index (χ4v) is 2.95. The number of halogens is 1. The van der Waals surface area contributed by atoms with Crippen LogP contribution in [-0.2, 0) is 9.84 Å². The van der Waals surface area contributed by atoms with Crippen LogP contribution >= 0.6 is 11.8 Å². The molecule has 0 aromatic heterocycles. The van der Waals surface area contributed by atoms with E-state index in [2.05, 4.69) is 0 Å². The largest absolute Gasteiger partial charge is 0.229 e. The van der Waals surface area contributed by atoms with Crippen molar-refractivity contribution in [1.82, 2.24) is 0 Å². The first kappa shape index (κ1) is 11.5. The molecule has 0 unspecified atom stereocenters. The molecule has 0 aliphatic rings. The van der Waals surface area contributed by atoms with Crippen LogP contribution in [0.3, 0.4) is 0 Å². The molecule has 78 valence electrons. The summed E-state index contributed by atoms with van der Waals surface area (Å²) in [7, 11) is -2.90. The quantitative estimate of drug-likeness (QED) is 0.747. The Balaban J connectivity index is 2.43. The van der Waals surface area contributed by atoms with Gasteiger partial charge in [-0.1, -0.05) is 0 Å². The highest BCUT2D eigenvalue weighted by Crippen LogP contribution is 2.17. The Morgan fingerprint density at radius 3 is 2.36 bits per heavy atom. The van der Waals surface area contributed by atoms with Crippen LogP contribution < -0.4 is 0 Å². The fourth-order valence-electron chi connectivity index (χ4n) is 0.842. The second kappa shape index (κ2) is 4.79. The predicted octanol–water partition coefficient (Wildman–Crippen LogP) is 1.96. The molecule has 0 amide bonds. The smallest absolute Gasteiger partial charge is 0.148 e. The van der Waals surface area contributed by atoms with Gasteiger partial charge in [0, 0.05) is 16.9 Å². The zero-order valence-electron chi connectivity index (χ0n) is 7.73. The number of thioether (sulfide) groups is 1. The summed E-state index contributed by atoms with van der Waals surface area (Å²) in [5.41, 5.74) is 0. The van der Waals surface area contributed by atoms with E-state index in [1.54, 1.807) is 12.1 Å². The second-order valence-electron chi connectivity index (χ2n) is 2.93. The minimum atomic E-state index is -2.90. The van der Waals surface area contributed by atoms with Crippen molar-refractivity contribution in [1.29, 1.82) is 0 Å². The third kappa shape index (κ3) is 4.62. The summed E-state index contributed by atoms with van der Waals surface area (Å²) in [6, 6.07) is 6.01. The van der Waals surface area contributed by atoms with Gasteiger partial charge in [0.05, 0.1) is 5.75 Å². The van der Waals surface area contributed by atoms with Gasteiger partial charge in [-0.3, -0.25) is 0 Å². The molecule has 0 atom stereocenters. The SMILES string of the molecule is CS(=O)(=O)CCSc1ccc(F)cc1. The molecular formula is C9H11FO2S2. The number of benzene rings is 1. The van der Waals surface area contributed by atoms with Gasteiger partial charge in [-0.2, -0.15) is 0 Å². The number of hydrogen-bond acceptors (Lipinski definition) is 3. The average molecular weight is 234 g/mol. The lowest BCUT2D eigenvalue weighted by Gasteiger charge is -1.99. The van der Waals surface area contributed by atoms with Crippen molar-refractivity contribution in [2.75, 3.05) is 17.8 Å². The zero-order valence-corrected chi connectivity index (χ0v) is 9.37. The highest BCUT2D eigenvalue weighted by Gasteiger charge is 2.02. The highest BCUT2D eigenvalue weighted by molar-refractivity contribution is 8.00. The Morgan fingerprint density at radius 2 is 1.86 bits per heavy atom. The van der Waals surface area contributed by atoms with Gasteiger partial charge in [0.1, 0.15) is 15.7 Å². The van der Waals surface area contributed by atoms with Gasteiger partial charge in [-0.15, -0.1) is 11.8 Å². The molecule has 0 N–H and O–H groups in total. The van der Waals surface area contributed by atoms with Gasteiger partial charge in [0.15, 0.2) is 0 Å². The van der Waals surface area contributed by atoms with E-state index in [0.29, 0.717) is 5.75 Å². The average Bonchev–Trinajstić information content (AvgIpc) is 2.06. The highest BCUT2D eigenvalue weighted by atomic mass is 32.2. The second-order valence-corrected chi connectivity index (χ2v) is 6.36. The van der Waals surface area contributed by atoms with E-state index in [1.165, 1.54) is 30.2 Å². The van der Waals surface area contributed by atoms with Crippen molar-refractivity contribution in [3.63, 3.8) is 0 Å². The molecule has 1 rings (SSSR count). The third-order valence-corrected chi connectivity index (χ3v) is 3.75. The molecule has 14 heavy (non-hydrogen) atoms. The number of rotatable bonds is 4. The third-order valence-electron chi connectivity index (χ3n) is 1.54. The number of sulfone groups is 1. The first-order valence-corrected chi connectivity index (χ1v) is 7.08. The van der Waals surface area contributed by atoms with Gasteiger partial charge < -0.3 is 0 Å². The van der Waals surface area contributed by atoms with Gasteiger partial charge in [-0.25, -0.2) is 12.8 Å². The zero-order chi connectivity index (χ0) is 10.6. The van der Waals surface area contributed by atoms with Gasteiger partial charge in [-0.05, 0) is 24.3 Å². The Bertz CT molecular complexity index is 384. The molecule has 1 aromatic rings. The maximum absolute atomic E-state index is 12.5. The normalized spacial score (nSPS) is 11.6. The lowest BCUT2D eigenvalue weighted by molar-refractivity contribution is 0.603. The van der Waals surface area contributed by atoms with Crippen molar-refractivity contribution in [3.8, 4) is 0 Å². The van der Waals surface area contributed by atoms with Crippen LogP contribution in [0.15, 0.2) is 29.2 Å². The van der Waals surface area contributed by atoms with Crippen molar-refractivity contribution in [2.45, 2.75) is 4.90 Å². The Morgan fingerprint density at radius 1 is 1.29 bits per heavy atom. The topological polar surface area (TPSA) is 34.1 Å². The minimum absolute atomic E-state index is 0.148. The van der Waals surface area contributed by atoms with E-state index in [-0.39, 0.29) is 11.6 Å². The molecule has 1 aromatic carbocycles. The molecule has 5 heteroatoms. The van der Waals surface area contributed by atoms with Gasteiger partial charge in [0.25, 0.3) is 0 Å². The van der Waals surface area contributed by atoms with E-state index in [4.69, 9.17) is 0 Å². The Hall–Kier alpha value is -0.550. The molecule has 0 fully saturated rings. The summed E-state index contributed by atoms with van der Waals surface area (Å²) in [5, 5.41) is 0. The summed E-state index contributed by atoms with van der Waals surface area (Å²) < 4.78 is 34.1. The van der Waals surface area contributed by atoms with Crippen LogP contribution in [0.25, 0.3) is 0 Å². The monoisotopic (exact) mass is 234 g/mol. The maximum atomic E-state index is 12.5. The van der Waals surface area contributed by atoms with Crippen LogP contribution in [-0.4, -0.2) is 26.2 Å². The molecule has 2 nitrogen and oxygen atoms in total. The molecule has 0 heterocycles. The summed E-state index contributed by atoms with van der Waals surface area (Å²) in [6.45, 7) is 0. The van der Waals surface area contributed by atoms with Gasteiger partial charge in [0.2, 0.25) is 0 Å². The first-order valence-electron chi connectivity index (χ1n) is 4.03. The molecule has 0 aliphatic heterocycles. The van der Waals surface area contributed by atoms with Crippen molar-refractivity contribution >= 4 is 21.6 Å². The first-order chi connectivity index (χ1) is 6.47. The van der Waals surface area contributed by atoms with Gasteiger partial charge >= 0.3 is 0 Å².